The lowest BCUT2D eigenvalue weighted by atomic mass is 10.2. The van der Waals surface area contributed by atoms with Crippen molar-refractivity contribution in [2.24, 2.45) is 0 Å². The van der Waals surface area contributed by atoms with Gasteiger partial charge >= 0.3 is 0 Å². The van der Waals surface area contributed by atoms with E-state index in [2.05, 4.69) is 27.2 Å². The van der Waals surface area contributed by atoms with Crippen LogP contribution in [0.2, 0.25) is 10.0 Å². The maximum Gasteiger partial charge on any atom is 0.0728 e. The number of halogens is 2. The Kier molecular flexibility index (Phi) is 5.07. The molecule has 2 heterocycles. The van der Waals surface area contributed by atoms with E-state index in [1.54, 1.807) is 30.9 Å². The third-order valence-electron chi connectivity index (χ3n) is 2.63. The molecule has 2 rings (SSSR count). The van der Waals surface area contributed by atoms with E-state index in [-0.39, 0.29) is 6.04 Å². The first-order chi connectivity index (χ1) is 9.15. The van der Waals surface area contributed by atoms with Crippen LogP contribution < -0.4 is 5.32 Å². The normalized spacial score (nSPS) is 12.4. The van der Waals surface area contributed by atoms with Crippen molar-refractivity contribution >= 4 is 23.2 Å². The molecule has 19 heavy (non-hydrogen) atoms. The second-order valence-electron chi connectivity index (χ2n) is 4.26. The van der Waals surface area contributed by atoms with E-state index in [9.17, 15) is 0 Å². The Morgan fingerprint density at radius 1 is 1.21 bits per heavy atom. The monoisotopic (exact) mass is 296 g/mol. The number of hydrogen-bond donors (Lipinski definition) is 1. The van der Waals surface area contributed by atoms with Crippen molar-refractivity contribution in [1.82, 2.24) is 20.3 Å². The summed E-state index contributed by atoms with van der Waals surface area (Å²) < 4.78 is 0. The van der Waals surface area contributed by atoms with Gasteiger partial charge in [0.25, 0.3) is 0 Å². The Labute approximate surface area is 122 Å². The fourth-order valence-corrected chi connectivity index (χ4v) is 2.11. The minimum Gasteiger partial charge on any atom is -0.308 e. The smallest absolute Gasteiger partial charge is 0.0728 e. The summed E-state index contributed by atoms with van der Waals surface area (Å²) in [5.41, 5.74) is 1.75. The standard InChI is InChI=1S/C13H14Cl2N4/c1-9(4-11-7-16-2-3-17-11)18-8-13-12(15)5-10(14)6-19-13/h2-3,5-7,9,18H,4,8H2,1H3. The van der Waals surface area contributed by atoms with Gasteiger partial charge in [0.2, 0.25) is 0 Å². The Hall–Kier alpha value is -1.23. The van der Waals surface area contributed by atoms with Crippen molar-refractivity contribution in [3.8, 4) is 0 Å². The highest BCUT2D eigenvalue weighted by molar-refractivity contribution is 6.34. The molecule has 0 radical (unpaired) electrons. The molecule has 1 unspecified atom stereocenters. The quantitative estimate of drug-likeness (QED) is 0.922. The van der Waals surface area contributed by atoms with E-state index in [0.29, 0.717) is 16.6 Å². The van der Waals surface area contributed by atoms with Crippen molar-refractivity contribution in [2.75, 3.05) is 0 Å². The molecule has 0 aliphatic carbocycles. The highest BCUT2D eigenvalue weighted by Gasteiger charge is 2.07. The summed E-state index contributed by atoms with van der Waals surface area (Å²) in [6.07, 6.45) is 7.53. The van der Waals surface area contributed by atoms with Crippen molar-refractivity contribution in [3.63, 3.8) is 0 Å². The fraction of sp³-hybridized carbons (Fsp3) is 0.308. The maximum absolute atomic E-state index is 6.06. The topological polar surface area (TPSA) is 50.7 Å². The third-order valence-corrected chi connectivity index (χ3v) is 3.17. The first kappa shape index (κ1) is 14.2. The van der Waals surface area contributed by atoms with Crippen LogP contribution in [0.1, 0.15) is 18.3 Å². The van der Waals surface area contributed by atoms with Crippen LogP contribution in [-0.2, 0) is 13.0 Å². The average Bonchev–Trinajstić information content (AvgIpc) is 2.39. The lowest BCUT2D eigenvalue weighted by Crippen LogP contribution is -2.28. The van der Waals surface area contributed by atoms with Gasteiger partial charge in [0.05, 0.1) is 21.4 Å². The second kappa shape index (κ2) is 6.80. The first-order valence-corrected chi connectivity index (χ1v) is 6.69. The van der Waals surface area contributed by atoms with Crippen LogP contribution >= 0.6 is 23.2 Å². The van der Waals surface area contributed by atoms with Gasteiger partial charge in [0, 0.05) is 43.8 Å². The van der Waals surface area contributed by atoms with Crippen molar-refractivity contribution in [3.05, 3.63) is 52.3 Å². The summed E-state index contributed by atoms with van der Waals surface area (Å²) >= 11 is 11.9. The molecule has 0 aromatic carbocycles. The molecule has 2 aromatic rings. The number of hydrogen-bond acceptors (Lipinski definition) is 4. The van der Waals surface area contributed by atoms with Gasteiger partial charge in [-0.25, -0.2) is 0 Å². The molecule has 0 aliphatic rings. The van der Waals surface area contributed by atoms with Crippen molar-refractivity contribution in [2.45, 2.75) is 25.9 Å². The van der Waals surface area contributed by atoms with E-state index in [0.717, 1.165) is 17.8 Å². The molecule has 0 saturated carbocycles. The molecule has 0 amide bonds. The van der Waals surface area contributed by atoms with Gasteiger partial charge in [-0.1, -0.05) is 23.2 Å². The Morgan fingerprint density at radius 2 is 2.05 bits per heavy atom. The predicted octanol–water partition coefficient (Wildman–Crippen LogP) is 2.90. The Bertz CT molecular complexity index is 533. The third kappa shape index (κ3) is 4.42. The molecular formula is C13H14Cl2N4. The zero-order valence-corrected chi connectivity index (χ0v) is 12.0. The number of pyridine rings is 1. The van der Waals surface area contributed by atoms with Crippen LogP contribution in [0.15, 0.2) is 30.9 Å². The molecule has 6 heteroatoms. The van der Waals surface area contributed by atoms with Crippen LogP contribution in [-0.4, -0.2) is 21.0 Å². The SMILES string of the molecule is CC(Cc1cnccn1)NCc1ncc(Cl)cc1Cl. The van der Waals surface area contributed by atoms with Gasteiger partial charge in [0.1, 0.15) is 0 Å². The van der Waals surface area contributed by atoms with Gasteiger partial charge in [0.15, 0.2) is 0 Å². The molecule has 0 saturated heterocycles. The van der Waals surface area contributed by atoms with Crippen LogP contribution in [0.3, 0.4) is 0 Å². The summed E-state index contributed by atoms with van der Waals surface area (Å²) in [6, 6.07) is 1.95. The molecular weight excluding hydrogens is 283 g/mol. The van der Waals surface area contributed by atoms with Gasteiger partial charge in [-0.05, 0) is 13.0 Å². The summed E-state index contributed by atoms with van der Waals surface area (Å²) in [6.45, 7) is 2.68. The number of aromatic nitrogens is 3. The zero-order chi connectivity index (χ0) is 13.7. The van der Waals surface area contributed by atoms with Crippen LogP contribution in [0.25, 0.3) is 0 Å². The first-order valence-electron chi connectivity index (χ1n) is 5.93. The average molecular weight is 297 g/mol. The van der Waals surface area contributed by atoms with E-state index in [1.807, 2.05) is 0 Å². The van der Waals surface area contributed by atoms with E-state index >= 15 is 0 Å². The Morgan fingerprint density at radius 3 is 2.74 bits per heavy atom. The van der Waals surface area contributed by atoms with Crippen molar-refractivity contribution < 1.29 is 0 Å². The zero-order valence-electron chi connectivity index (χ0n) is 10.5. The van der Waals surface area contributed by atoms with E-state index in [1.165, 1.54) is 0 Å². The fourth-order valence-electron chi connectivity index (χ4n) is 1.67. The molecule has 0 spiro atoms. The molecule has 1 atom stereocenters. The number of rotatable bonds is 5. The Balaban J connectivity index is 1.88. The predicted molar refractivity (Wildman–Crippen MR) is 76.3 cm³/mol. The highest BCUT2D eigenvalue weighted by atomic mass is 35.5. The number of nitrogens with zero attached hydrogens (tertiary/aromatic N) is 3. The molecule has 1 N–H and O–H groups in total. The van der Waals surface area contributed by atoms with Gasteiger partial charge in [-0.3, -0.25) is 15.0 Å². The summed E-state index contributed by atoms with van der Waals surface area (Å²) in [4.78, 5) is 12.5. The molecule has 100 valence electrons. The van der Waals surface area contributed by atoms with Crippen LogP contribution in [0.4, 0.5) is 0 Å². The molecule has 4 nitrogen and oxygen atoms in total. The van der Waals surface area contributed by atoms with Gasteiger partial charge in [-0.2, -0.15) is 0 Å². The minimum atomic E-state index is 0.255. The lowest BCUT2D eigenvalue weighted by molar-refractivity contribution is 0.534. The van der Waals surface area contributed by atoms with E-state index < -0.39 is 0 Å². The molecule has 2 aromatic heterocycles. The van der Waals surface area contributed by atoms with Gasteiger partial charge in [-0.15, -0.1) is 0 Å². The largest absolute Gasteiger partial charge is 0.308 e. The molecule has 0 fully saturated rings. The highest BCUT2D eigenvalue weighted by Crippen LogP contribution is 2.18. The lowest BCUT2D eigenvalue weighted by Gasteiger charge is -2.13. The van der Waals surface area contributed by atoms with Crippen molar-refractivity contribution in [1.29, 1.82) is 0 Å². The second-order valence-corrected chi connectivity index (χ2v) is 5.11. The summed E-state index contributed by atoms with van der Waals surface area (Å²) in [5, 5.41) is 4.47. The number of nitrogens with one attached hydrogen (secondary N) is 1. The van der Waals surface area contributed by atoms with Gasteiger partial charge < -0.3 is 5.32 Å². The minimum absolute atomic E-state index is 0.255. The van der Waals surface area contributed by atoms with E-state index in [4.69, 9.17) is 23.2 Å². The van der Waals surface area contributed by atoms with Crippen LogP contribution in [0.5, 0.6) is 0 Å². The summed E-state index contributed by atoms with van der Waals surface area (Å²) in [7, 11) is 0. The molecule has 0 aliphatic heterocycles. The molecule has 0 bridgehead atoms. The maximum atomic E-state index is 6.06. The summed E-state index contributed by atoms with van der Waals surface area (Å²) in [5.74, 6) is 0. The van der Waals surface area contributed by atoms with Crippen LogP contribution in [0, 0.1) is 0 Å².